The summed E-state index contributed by atoms with van der Waals surface area (Å²) in [5, 5.41) is 0. The molecule has 120 valence electrons. The standard InChI is InChI=1S/C20H12N2O2S/c23-19-18(25-20-21-15-8-4-5-9-16(15)22(19)20)12-14-10-11-17(24-14)13-6-2-1-3-7-13/h1-12H/b18-12+. The molecule has 0 atom stereocenters. The van der Waals surface area contributed by atoms with Gasteiger partial charge in [0.25, 0.3) is 5.56 Å². The number of fused-ring (bicyclic) bond motifs is 3. The SMILES string of the molecule is O=c1/c(=C\c2ccc(-c3ccccc3)o2)sc2nc3ccccc3n12. The van der Waals surface area contributed by atoms with Crippen molar-refractivity contribution < 1.29 is 4.42 Å². The van der Waals surface area contributed by atoms with Crippen molar-refractivity contribution in [1.29, 1.82) is 0 Å². The van der Waals surface area contributed by atoms with Gasteiger partial charge in [-0.05, 0) is 24.3 Å². The van der Waals surface area contributed by atoms with Gasteiger partial charge in [0.2, 0.25) is 0 Å². The van der Waals surface area contributed by atoms with E-state index in [0.717, 1.165) is 22.4 Å². The molecule has 0 fully saturated rings. The summed E-state index contributed by atoms with van der Waals surface area (Å²) in [6, 6.07) is 21.3. The van der Waals surface area contributed by atoms with Crippen molar-refractivity contribution >= 4 is 33.4 Å². The molecule has 3 aromatic heterocycles. The van der Waals surface area contributed by atoms with Crippen LogP contribution >= 0.6 is 11.3 Å². The zero-order chi connectivity index (χ0) is 16.8. The van der Waals surface area contributed by atoms with Gasteiger partial charge in [0.1, 0.15) is 16.1 Å². The van der Waals surface area contributed by atoms with Crippen LogP contribution in [0.15, 0.2) is 75.9 Å². The molecule has 5 rings (SSSR count). The number of imidazole rings is 1. The summed E-state index contributed by atoms with van der Waals surface area (Å²) in [6.45, 7) is 0. The summed E-state index contributed by atoms with van der Waals surface area (Å²) in [5.74, 6) is 1.44. The first kappa shape index (κ1) is 14.2. The molecule has 0 radical (unpaired) electrons. The van der Waals surface area contributed by atoms with Gasteiger partial charge < -0.3 is 4.42 Å². The van der Waals surface area contributed by atoms with Crippen molar-refractivity contribution in [3.8, 4) is 11.3 Å². The molecule has 0 saturated carbocycles. The smallest absolute Gasteiger partial charge is 0.275 e. The molecule has 0 aliphatic carbocycles. The number of nitrogens with zero attached hydrogens (tertiary/aromatic N) is 2. The molecule has 3 heterocycles. The predicted molar refractivity (Wildman–Crippen MR) is 99.8 cm³/mol. The van der Waals surface area contributed by atoms with E-state index in [2.05, 4.69) is 4.98 Å². The van der Waals surface area contributed by atoms with Crippen LogP contribution in [0.25, 0.3) is 33.4 Å². The lowest BCUT2D eigenvalue weighted by Crippen LogP contribution is -2.22. The largest absolute Gasteiger partial charge is 0.457 e. The number of thiazole rings is 1. The Labute approximate surface area is 146 Å². The summed E-state index contributed by atoms with van der Waals surface area (Å²) >= 11 is 1.37. The number of rotatable bonds is 2. The first-order valence-electron chi connectivity index (χ1n) is 7.86. The zero-order valence-corrected chi connectivity index (χ0v) is 13.9. The normalized spacial score (nSPS) is 12.4. The van der Waals surface area contributed by atoms with E-state index in [0.29, 0.717) is 15.3 Å². The minimum absolute atomic E-state index is 0.0636. The van der Waals surface area contributed by atoms with Crippen LogP contribution in [0.2, 0.25) is 0 Å². The van der Waals surface area contributed by atoms with Crippen LogP contribution in [0.3, 0.4) is 0 Å². The average Bonchev–Trinajstić information content (AvgIpc) is 3.32. The molecule has 25 heavy (non-hydrogen) atoms. The summed E-state index contributed by atoms with van der Waals surface area (Å²) in [5.41, 5.74) is 2.62. The lowest BCUT2D eigenvalue weighted by atomic mass is 10.2. The Morgan fingerprint density at radius 1 is 0.960 bits per heavy atom. The summed E-state index contributed by atoms with van der Waals surface area (Å²) in [4.78, 5) is 18.0. The lowest BCUT2D eigenvalue weighted by Gasteiger charge is -1.94. The quantitative estimate of drug-likeness (QED) is 0.490. The Hall–Kier alpha value is -3.18. The third kappa shape index (κ3) is 2.28. The van der Waals surface area contributed by atoms with Crippen LogP contribution in [0.4, 0.5) is 0 Å². The number of furan rings is 1. The number of hydrogen-bond acceptors (Lipinski definition) is 4. The highest BCUT2D eigenvalue weighted by molar-refractivity contribution is 7.15. The minimum atomic E-state index is -0.0636. The molecular formula is C20H12N2O2S. The van der Waals surface area contributed by atoms with E-state index in [1.165, 1.54) is 11.3 Å². The Balaban J connectivity index is 1.65. The molecule has 0 bridgehead atoms. The monoisotopic (exact) mass is 344 g/mol. The number of hydrogen-bond donors (Lipinski definition) is 0. The van der Waals surface area contributed by atoms with Gasteiger partial charge in [0, 0.05) is 11.6 Å². The Bertz CT molecular complexity index is 1310. The molecule has 0 aliphatic rings. The highest BCUT2D eigenvalue weighted by atomic mass is 32.1. The van der Waals surface area contributed by atoms with E-state index in [1.807, 2.05) is 66.7 Å². The van der Waals surface area contributed by atoms with Crippen molar-refractivity contribution in [3.05, 3.63) is 87.4 Å². The predicted octanol–water partition coefficient (Wildman–Crippen LogP) is 3.72. The fourth-order valence-electron chi connectivity index (χ4n) is 2.93. The number of aromatic nitrogens is 2. The van der Waals surface area contributed by atoms with E-state index in [1.54, 1.807) is 10.5 Å². The maximum absolute atomic E-state index is 12.7. The van der Waals surface area contributed by atoms with E-state index >= 15 is 0 Å². The highest BCUT2D eigenvalue weighted by Crippen LogP contribution is 2.22. The van der Waals surface area contributed by atoms with Gasteiger partial charge in [-0.15, -0.1) is 0 Å². The second-order valence-electron chi connectivity index (χ2n) is 5.70. The number of benzene rings is 2. The van der Waals surface area contributed by atoms with Crippen LogP contribution in [-0.4, -0.2) is 9.38 Å². The van der Waals surface area contributed by atoms with Gasteiger partial charge in [-0.25, -0.2) is 9.38 Å². The topological polar surface area (TPSA) is 47.5 Å². The Morgan fingerprint density at radius 2 is 1.76 bits per heavy atom. The molecule has 5 heteroatoms. The van der Waals surface area contributed by atoms with Crippen molar-refractivity contribution in [3.63, 3.8) is 0 Å². The van der Waals surface area contributed by atoms with E-state index in [9.17, 15) is 4.79 Å². The Kier molecular flexibility index (Phi) is 3.08. The molecule has 0 spiro atoms. The number of para-hydroxylation sites is 2. The maximum atomic E-state index is 12.7. The van der Waals surface area contributed by atoms with E-state index in [4.69, 9.17) is 4.42 Å². The van der Waals surface area contributed by atoms with Crippen LogP contribution < -0.4 is 10.1 Å². The van der Waals surface area contributed by atoms with E-state index < -0.39 is 0 Å². The molecule has 0 N–H and O–H groups in total. The Morgan fingerprint density at radius 3 is 2.64 bits per heavy atom. The third-order valence-corrected chi connectivity index (χ3v) is 5.07. The van der Waals surface area contributed by atoms with Crippen molar-refractivity contribution in [2.75, 3.05) is 0 Å². The fraction of sp³-hybridized carbons (Fsp3) is 0. The lowest BCUT2D eigenvalue weighted by molar-refractivity contribution is 0.571. The summed E-state index contributed by atoms with van der Waals surface area (Å²) in [6.07, 6.45) is 1.78. The summed E-state index contributed by atoms with van der Waals surface area (Å²) in [7, 11) is 0. The maximum Gasteiger partial charge on any atom is 0.275 e. The fourth-order valence-corrected chi connectivity index (χ4v) is 3.90. The molecule has 0 amide bonds. The molecule has 0 saturated heterocycles. The average molecular weight is 344 g/mol. The summed E-state index contributed by atoms with van der Waals surface area (Å²) < 4.78 is 8.14. The minimum Gasteiger partial charge on any atom is -0.457 e. The van der Waals surface area contributed by atoms with Gasteiger partial charge in [-0.2, -0.15) is 0 Å². The molecule has 2 aromatic carbocycles. The van der Waals surface area contributed by atoms with Crippen molar-refractivity contribution in [2.45, 2.75) is 0 Å². The van der Waals surface area contributed by atoms with Crippen LogP contribution in [0.1, 0.15) is 5.76 Å². The van der Waals surface area contributed by atoms with Gasteiger partial charge in [0.15, 0.2) is 4.96 Å². The first-order chi connectivity index (χ1) is 12.3. The van der Waals surface area contributed by atoms with Gasteiger partial charge in [0.05, 0.1) is 11.0 Å². The van der Waals surface area contributed by atoms with Crippen LogP contribution in [0.5, 0.6) is 0 Å². The van der Waals surface area contributed by atoms with Crippen LogP contribution in [0, 0.1) is 0 Å². The van der Waals surface area contributed by atoms with Gasteiger partial charge in [-0.3, -0.25) is 4.79 Å². The third-order valence-electron chi connectivity index (χ3n) is 4.10. The zero-order valence-electron chi connectivity index (χ0n) is 13.0. The van der Waals surface area contributed by atoms with Gasteiger partial charge >= 0.3 is 0 Å². The molecule has 0 aliphatic heterocycles. The first-order valence-corrected chi connectivity index (χ1v) is 8.68. The highest BCUT2D eigenvalue weighted by Gasteiger charge is 2.11. The van der Waals surface area contributed by atoms with Crippen molar-refractivity contribution in [2.24, 2.45) is 0 Å². The van der Waals surface area contributed by atoms with Crippen LogP contribution in [-0.2, 0) is 0 Å². The second kappa shape index (κ2) is 5.43. The molecule has 0 unspecified atom stereocenters. The van der Waals surface area contributed by atoms with Crippen molar-refractivity contribution in [1.82, 2.24) is 9.38 Å². The van der Waals surface area contributed by atoms with E-state index in [-0.39, 0.29) is 5.56 Å². The molecule has 4 nitrogen and oxygen atoms in total. The molecular weight excluding hydrogens is 332 g/mol. The molecule has 5 aromatic rings. The van der Waals surface area contributed by atoms with Gasteiger partial charge in [-0.1, -0.05) is 53.8 Å². The second-order valence-corrected chi connectivity index (χ2v) is 6.71.